The van der Waals surface area contributed by atoms with E-state index in [1.54, 1.807) is 7.11 Å². The molecule has 1 nitrogen and oxygen atoms in total. The number of benzene rings is 1. The van der Waals surface area contributed by atoms with Crippen molar-refractivity contribution >= 4 is 48.8 Å². The summed E-state index contributed by atoms with van der Waals surface area (Å²) in [6, 6.07) is 8.23. The van der Waals surface area contributed by atoms with Gasteiger partial charge in [0.25, 0.3) is 0 Å². The van der Waals surface area contributed by atoms with Gasteiger partial charge in [-0.2, -0.15) is 0 Å². The van der Waals surface area contributed by atoms with Crippen LogP contribution < -0.4 is 4.74 Å². The van der Waals surface area contributed by atoms with Crippen LogP contribution in [0.3, 0.4) is 0 Å². The predicted molar refractivity (Wildman–Crippen MR) is 96.7 cm³/mol. The van der Waals surface area contributed by atoms with E-state index in [-0.39, 0.29) is 0 Å². The van der Waals surface area contributed by atoms with Crippen LogP contribution in [0.4, 0.5) is 0 Å². The highest BCUT2D eigenvalue weighted by atomic mass is 127. The first-order chi connectivity index (χ1) is 8.70. The maximum atomic E-state index is 5.42. The molecule has 0 spiro atoms. The molecule has 0 saturated carbocycles. The van der Waals surface area contributed by atoms with Gasteiger partial charge in [-0.25, -0.2) is 0 Å². The number of hydrogen-bond donors (Lipinski definition) is 0. The van der Waals surface area contributed by atoms with Crippen LogP contribution in [-0.2, 0) is 0 Å². The van der Waals surface area contributed by atoms with Crippen molar-refractivity contribution in [3.05, 3.63) is 33.4 Å². The van der Waals surface area contributed by atoms with Crippen molar-refractivity contribution in [3.8, 4) is 5.75 Å². The van der Waals surface area contributed by atoms with E-state index in [4.69, 9.17) is 4.74 Å². The van der Waals surface area contributed by atoms with Crippen molar-refractivity contribution in [1.29, 1.82) is 0 Å². The first kappa shape index (κ1) is 16.3. The number of para-hydroxylation sites is 1. The second-order valence-corrected chi connectivity index (χ2v) is 6.61. The van der Waals surface area contributed by atoms with E-state index in [0.717, 1.165) is 5.75 Å². The highest BCUT2D eigenvalue weighted by Crippen LogP contribution is 2.37. The molecule has 0 aromatic heterocycles. The summed E-state index contributed by atoms with van der Waals surface area (Å²) in [7, 11) is 1.73. The monoisotopic (exact) mass is 470 g/mol. The van der Waals surface area contributed by atoms with Crippen LogP contribution in [-0.4, -0.2) is 7.11 Å². The number of unbranched alkanes of at least 4 members (excludes halogenated alkanes) is 3. The molecule has 18 heavy (non-hydrogen) atoms. The average molecular weight is 470 g/mol. The second kappa shape index (κ2) is 9.18. The van der Waals surface area contributed by atoms with Crippen LogP contribution in [0.2, 0.25) is 0 Å². The molecule has 1 aromatic rings. The standard InChI is InChI=1S/C15H20I2O/c1-3-4-5-6-10-13(16)15(17)12-9-7-8-11-14(12)18-2/h7-9,11H,3-6,10H2,1-2H3/b15-13-. The number of ether oxygens (including phenoxy) is 1. The third-order valence-electron chi connectivity index (χ3n) is 2.83. The molecule has 0 aliphatic rings. The third kappa shape index (κ3) is 5.07. The first-order valence-electron chi connectivity index (χ1n) is 6.38. The lowest BCUT2D eigenvalue weighted by Gasteiger charge is -2.10. The van der Waals surface area contributed by atoms with Crippen molar-refractivity contribution in [2.45, 2.75) is 39.0 Å². The number of hydrogen-bond acceptors (Lipinski definition) is 1. The fourth-order valence-electron chi connectivity index (χ4n) is 1.79. The lowest BCUT2D eigenvalue weighted by atomic mass is 10.1. The molecule has 0 N–H and O–H groups in total. The molecule has 0 amide bonds. The van der Waals surface area contributed by atoms with Gasteiger partial charge < -0.3 is 4.74 Å². The van der Waals surface area contributed by atoms with Gasteiger partial charge in [0.15, 0.2) is 0 Å². The Balaban J connectivity index is 2.73. The molecule has 1 aromatic carbocycles. The zero-order chi connectivity index (χ0) is 13.4. The minimum atomic E-state index is 0.963. The van der Waals surface area contributed by atoms with Crippen LogP contribution in [0.1, 0.15) is 44.6 Å². The van der Waals surface area contributed by atoms with E-state index in [2.05, 4.69) is 64.2 Å². The molecule has 0 fully saturated rings. The Hall–Kier alpha value is 0.220. The first-order valence-corrected chi connectivity index (χ1v) is 8.54. The van der Waals surface area contributed by atoms with Gasteiger partial charge in [-0.3, -0.25) is 0 Å². The molecule has 100 valence electrons. The Morgan fingerprint density at radius 1 is 1.11 bits per heavy atom. The third-order valence-corrected chi connectivity index (χ3v) is 6.17. The SMILES string of the molecule is CCCCCC/C(I)=C(/I)c1ccccc1OC. The highest BCUT2D eigenvalue weighted by molar-refractivity contribution is 14.1. The summed E-state index contributed by atoms with van der Waals surface area (Å²) in [6.45, 7) is 2.25. The molecule has 0 heterocycles. The fourth-order valence-corrected chi connectivity index (χ4v) is 3.18. The van der Waals surface area contributed by atoms with Crippen molar-refractivity contribution in [2.75, 3.05) is 7.11 Å². The topological polar surface area (TPSA) is 9.23 Å². The smallest absolute Gasteiger partial charge is 0.127 e. The van der Waals surface area contributed by atoms with Crippen molar-refractivity contribution in [2.24, 2.45) is 0 Å². The van der Waals surface area contributed by atoms with E-state index in [1.807, 2.05) is 12.1 Å². The van der Waals surface area contributed by atoms with Crippen molar-refractivity contribution in [3.63, 3.8) is 0 Å². The van der Waals surface area contributed by atoms with Gasteiger partial charge in [0.1, 0.15) is 5.75 Å². The normalized spacial score (nSPS) is 12.2. The molecule has 0 atom stereocenters. The number of rotatable bonds is 7. The predicted octanol–water partition coefficient (Wildman–Crippen LogP) is 6.20. The van der Waals surface area contributed by atoms with Crippen molar-refractivity contribution < 1.29 is 4.74 Å². The zero-order valence-electron chi connectivity index (χ0n) is 11.0. The van der Waals surface area contributed by atoms with Gasteiger partial charge in [-0.1, -0.05) is 44.4 Å². The summed E-state index contributed by atoms with van der Waals surface area (Å²) in [6.07, 6.45) is 6.43. The minimum absolute atomic E-state index is 0.963. The molecule has 3 heteroatoms. The van der Waals surface area contributed by atoms with Gasteiger partial charge in [-0.05, 0) is 64.1 Å². The Bertz CT molecular complexity index is 399. The van der Waals surface area contributed by atoms with E-state index >= 15 is 0 Å². The van der Waals surface area contributed by atoms with Crippen molar-refractivity contribution in [1.82, 2.24) is 0 Å². The Kier molecular flexibility index (Phi) is 8.30. The van der Waals surface area contributed by atoms with Gasteiger partial charge in [0.05, 0.1) is 7.11 Å². The summed E-state index contributed by atoms with van der Waals surface area (Å²) in [5.74, 6) is 0.963. The van der Waals surface area contributed by atoms with E-state index in [1.165, 1.54) is 44.8 Å². The summed E-state index contributed by atoms with van der Waals surface area (Å²) < 4.78 is 8.18. The summed E-state index contributed by atoms with van der Waals surface area (Å²) >= 11 is 4.91. The van der Waals surface area contributed by atoms with E-state index in [0.29, 0.717) is 0 Å². The summed E-state index contributed by atoms with van der Waals surface area (Å²) in [5.41, 5.74) is 1.21. The lowest BCUT2D eigenvalue weighted by Crippen LogP contribution is -1.89. The number of allylic oxidation sites excluding steroid dienone is 1. The fraction of sp³-hybridized carbons (Fsp3) is 0.467. The Morgan fingerprint density at radius 3 is 2.50 bits per heavy atom. The van der Waals surface area contributed by atoms with Crippen LogP contribution in [0.25, 0.3) is 3.58 Å². The molecular formula is C15H20I2O. The molecule has 0 aliphatic carbocycles. The van der Waals surface area contributed by atoms with Gasteiger partial charge in [-0.15, -0.1) is 0 Å². The molecular weight excluding hydrogens is 450 g/mol. The van der Waals surface area contributed by atoms with Gasteiger partial charge in [0.2, 0.25) is 0 Å². The number of halogens is 2. The minimum Gasteiger partial charge on any atom is -0.496 e. The quantitative estimate of drug-likeness (QED) is 0.341. The molecule has 1 rings (SSSR count). The Labute approximate surface area is 138 Å². The summed E-state index contributed by atoms with van der Waals surface area (Å²) in [5, 5.41) is 0. The van der Waals surface area contributed by atoms with Gasteiger partial charge >= 0.3 is 0 Å². The van der Waals surface area contributed by atoms with Crippen LogP contribution in [0, 0.1) is 0 Å². The molecule has 0 bridgehead atoms. The molecule has 0 saturated heterocycles. The zero-order valence-corrected chi connectivity index (χ0v) is 15.3. The average Bonchev–Trinajstić information content (AvgIpc) is 2.42. The van der Waals surface area contributed by atoms with E-state index in [9.17, 15) is 0 Å². The van der Waals surface area contributed by atoms with Crippen LogP contribution >= 0.6 is 45.2 Å². The maximum Gasteiger partial charge on any atom is 0.127 e. The van der Waals surface area contributed by atoms with Crippen LogP contribution in [0.5, 0.6) is 5.75 Å². The second-order valence-electron chi connectivity index (χ2n) is 4.23. The van der Waals surface area contributed by atoms with E-state index < -0.39 is 0 Å². The van der Waals surface area contributed by atoms with Crippen LogP contribution in [0.15, 0.2) is 27.8 Å². The largest absolute Gasteiger partial charge is 0.496 e. The molecule has 0 radical (unpaired) electrons. The summed E-state index contributed by atoms with van der Waals surface area (Å²) in [4.78, 5) is 0. The molecule has 0 unspecified atom stereocenters. The lowest BCUT2D eigenvalue weighted by molar-refractivity contribution is 0.414. The Morgan fingerprint density at radius 2 is 1.83 bits per heavy atom. The van der Waals surface area contributed by atoms with Gasteiger partial charge in [0, 0.05) is 12.7 Å². The molecule has 0 aliphatic heterocycles. The highest BCUT2D eigenvalue weighted by Gasteiger charge is 2.08. The number of methoxy groups -OCH3 is 1. The maximum absolute atomic E-state index is 5.42.